The summed E-state index contributed by atoms with van der Waals surface area (Å²) in [5, 5.41) is 5.22. The van der Waals surface area contributed by atoms with E-state index in [0.717, 1.165) is 37.9 Å². The molecule has 2 N–H and O–H groups in total. The highest BCUT2D eigenvalue weighted by molar-refractivity contribution is 7.91. The van der Waals surface area contributed by atoms with Gasteiger partial charge in [-0.1, -0.05) is 26.2 Å². The van der Waals surface area contributed by atoms with Crippen LogP contribution in [0.4, 0.5) is 0 Å². The van der Waals surface area contributed by atoms with Gasteiger partial charge in [0.15, 0.2) is 0 Å². The van der Waals surface area contributed by atoms with Crippen molar-refractivity contribution in [1.82, 2.24) is 10.0 Å². The van der Waals surface area contributed by atoms with Gasteiger partial charge in [0.25, 0.3) is 0 Å². The quantitative estimate of drug-likeness (QED) is 0.720. The fourth-order valence-electron chi connectivity index (χ4n) is 2.69. The van der Waals surface area contributed by atoms with Crippen LogP contribution in [0.25, 0.3) is 0 Å². The van der Waals surface area contributed by atoms with E-state index in [0.29, 0.717) is 16.7 Å². The Labute approximate surface area is 132 Å². The largest absolute Gasteiger partial charge is 0.313 e. The smallest absolute Gasteiger partial charge is 0.250 e. The zero-order chi connectivity index (χ0) is 15.1. The van der Waals surface area contributed by atoms with Gasteiger partial charge in [-0.3, -0.25) is 0 Å². The average molecular weight is 331 g/mol. The molecule has 0 atom stereocenters. The minimum Gasteiger partial charge on any atom is -0.313 e. The zero-order valence-electron chi connectivity index (χ0n) is 12.7. The zero-order valence-corrected chi connectivity index (χ0v) is 14.4. The highest BCUT2D eigenvalue weighted by atomic mass is 32.2. The van der Waals surface area contributed by atoms with Crippen molar-refractivity contribution in [3.05, 3.63) is 17.0 Å². The summed E-state index contributed by atoms with van der Waals surface area (Å²) in [5.41, 5.74) is 1.05. The molecule has 0 saturated heterocycles. The van der Waals surface area contributed by atoms with Gasteiger partial charge in [0.1, 0.15) is 4.21 Å². The Bertz CT molecular complexity index is 520. The van der Waals surface area contributed by atoms with Crippen LogP contribution in [0.3, 0.4) is 0 Å². The number of rotatable bonds is 8. The first kappa shape index (κ1) is 16.9. The van der Waals surface area contributed by atoms with E-state index in [1.165, 1.54) is 30.6 Å². The second-order valence-corrected chi connectivity index (χ2v) is 8.71. The van der Waals surface area contributed by atoms with Gasteiger partial charge in [-0.25, -0.2) is 13.1 Å². The van der Waals surface area contributed by atoms with Crippen LogP contribution >= 0.6 is 11.3 Å². The lowest BCUT2D eigenvalue weighted by molar-refractivity contribution is 0.357. The molecular formula is C15H26N2O2S2. The Morgan fingerprint density at radius 3 is 2.76 bits per heavy atom. The molecule has 0 amide bonds. The third-order valence-electron chi connectivity index (χ3n) is 3.94. The Hall–Kier alpha value is -0.430. The van der Waals surface area contributed by atoms with Gasteiger partial charge < -0.3 is 5.32 Å². The van der Waals surface area contributed by atoms with Crippen molar-refractivity contribution in [2.45, 2.75) is 56.2 Å². The van der Waals surface area contributed by atoms with Crippen LogP contribution in [0.15, 0.2) is 15.7 Å². The predicted molar refractivity (Wildman–Crippen MR) is 88.1 cm³/mol. The first-order chi connectivity index (χ1) is 10.1. The molecule has 120 valence electrons. The predicted octanol–water partition coefficient (Wildman–Crippen LogP) is 3.11. The fraction of sp³-hybridized carbons (Fsp3) is 0.733. The third kappa shape index (κ3) is 5.36. The van der Waals surface area contributed by atoms with Gasteiger partial charge in [0, 0.05) is 13.1 Å². The molecule has 0 unspecified atom stereocenters. The maximum absolute atomic E-state index is 12.3. The number of thiophene rings is 1. The van der Waals surface area contributed by atoms with Crippen molar-refractivity contribution < 1.29 is 8.42 Å². The van der Waals surface area contributed by atoms with E-state index in [4.69, 9.17) is 0 Å². The highest BCUT2D eigenvalue weighted by Gasteiger charge is 2.20. The fourth-order valence-corrected chi connectivity index (χ4v) is 5.06. The van der Waals surface area contributed by atoms with Gasteiger partial charge in [0.05, 0.1) is 0 Å². The van der Waals surface area contributed by atoms with Crippen molar-refractivity contribution in [3.8, 4) is 0 Å². The van der Waals surface area contributed by atoms with Crippen molar-refractivity contribution in [2.75, 3.05) is 13.1 Å². The lowest BCUT2D eigenvalue weighted by Gasteiger charge is -2.21. The molecule has 0 radical (unpaired) electrons. The van der Waals surface area contributed by atoms with Gasteiger partial charge >= 0.3 is 0 Å². The Balaban J connectivity index is 1.86. The summed E-state index contributed by atoms with van der Waals surface area (Å²) in [7, 11) is -3.33. The lowest BCUT2D eigenvalue weighted by Crippen LogP contribution is -2.29. The Morgan fingerprint density at radius 2 is 2.05 bits per heavy atom. The molecule has 1 aromatic heterocycles. The van der Waals surface area contributed by atoms with Gasteiger partial charge in [-0.2, -0.15) is 0 Å². The monoisotopic (exact) mass is 330 g/mol. The van der Waals surface area contributed by atoms with E-state index >= 15 is 0 Å². The molecule has 6 heteroatoms. The van der Waals surface area contributed by atoms with Crippen molar-refractivity contribution >= 4 is 21.4 Å². The van der Waals surface area contributed by atoms with Crippen LogP contribution in [-0.4, -0.2) is 21.5 Å². The lowest BCUT2D eigenvalue weighted by atomic mass is 9.90. The summed E-state index contributed by atoms with van der Waals surface area (Å²) in [4.78, 5) is 0. The average Bonchev–Trinajstić information content (AvgIpc) is 2.96. The van der Waals surface area contributed by atoms with Crippen molar-refractivity contribution in [2.24, 2.45) is 5.92 Å². The number of hydrogen-bond acceptors (Lipinski definition) is 4. The molecule has 0 spiro atoms. The topological polar surface area (TPSA) is 58.2 Å². The summed E-state index contributed by atoms with van der Waals surface area (Å²) < 4.78 is 27.8. The summed E-state index contributed by atoms with van der Waals surface area (Å²) in [6.45, 7) is 4.40. The highest BCUT2D eigenvalue weighted by Crippen LogP contribution is 2.24. The summed E-state index contributed by atoms with van der Waals surface area (Å²) in [6.07, 6.45) is 7.15. The van der Waals surface area contributed by atoms with Gasteiger partial charge in [-0.15, -0.1) is 11.3 Å². The first-order valence-corrected chi connectivity index (χ1v) is 10.3. The van der Waals surface area contributed by atoms with E-state index in [9.17, 15) is 8.42 Å². The van der Waals surface area contributed by atoms with Crippen LogP contribution in [0.5, 0.6) is 0 Å². The molecule has 1 heterocycles. The van der Waals surface area contributed by atoms with Crippen LogP contribution in [0.2, 0.25) is 0 Å². The third-order valence-corrected chi connectivity index (χ3v) is 6.85. The normalized spacial score (nSPS) is 17.2. The molecule has 0 bridgehead atoms. The number of sulfonamides is 1. The summed E-state index contributed by atoms with van der Waals surface area (Å²) >= 11 is 1.31. The van der Waals surface area contributed by atoms with Crippen LogP contribution in [0.1, 0.15) is 51.0 Å². The van der Waals surface area contributed by atoms with E-state index in [2.05, 4.69) is 17.0 Å². The Morgan fingerprint density at radius 1 is 1.29 bits per heavy atom. The summed E-state index contributed by atoms with van der Waals surface area (Å²) in [6, 6.07) is 1.79. The first-order valence-electron chi connectivity index (χ1n) is 7.89. The molecule has 1 aliphatic carbocycles. The molecule has 2 rings (SSSR count). The second kappa shape index (κ2) is 8.27. The maximum Gasteiger partial charge on any atom is 0.250 e. The molecule has 0 aromatic carbocycles. The SMILES string of the molecule is CCCNCc1csc(S(=O)(=O)NCC2CCCCC2)c1. The number of nitrogens with one attached hydrogen (secondary N) is 2. The molecule has 1 aromatic rings. The van der Waals surface area contributed by atoms with Crippen LogP contribution in [-0.2, 0) is 16.6 Å². The van der Waals surface area contributed by atoms with Gasteiger partial charge in [0.2, 0.25) is 10.0 Å². The molecular weight excluding hydrogens is 304 g/mol. The maximum atomic E-state index is 12.3. The van der Waals surface area contributed by atoms with E-state index in [-0.39, 0.29) is 0 Å². The molecule has 0 aliphatic heterocycles. The van der Waals surface area contributed by atoms with Gasteiger partial charge in [-0.05, 0) is 48.7 Å². The van der Waals surface area contributed by atoms with Crippen LogP contribution in [0, 0.1) is 5.92 Å². The minimum absolute atomic E-state index is 0.437. The molecule has 1 saturated carbocycles. The van der Waals surface area contributed by atoms with E-state index < -0.39 is 10.0 Å². The molecule has 1 fully saturated rings. The number of hydrogen-bond donors (Lipinski definition) is 2. The Kier molecular flexibility index (Phi) is 6.67. The van der Waals surface area contributed by atoms with E-state index in [1.807, 2.05) is 5.38 Å². The molecule has 21 heavy (non-hydrogen) atoms. The standard InChI is InChI=1S/C15H26N2O2S2/c1-2-8-16-10-14-9-15(20-12-14)21(18,19)17-11-13-6-4-3-5-7-13/h9,12-13,16-17H,2-8,10-11H2,1H3. The minimum atomic E-state index is -3.33. The van der Waals surface area contributed by atoms with Crippen molar-refractivity contribution in [1.29, 1.82) is 0 Å². The van der Waals surface area contributed by atoms with Crippen LogP contribution < -0.4 is 10.0 Å². The van der Waals surface area contributed by atoms with E-state index in [1.54, 1.807) is 6.07 Å². The molecule has 4 nitrogen and oxygen atoms in total. The summed E-state index contributed by atoms with van der Waals surface area (Å²) in [5.74, 6) is 0.513. The second-order valence-electron chi connectivity index (χ2n) is 5.81. The molecule has 1 aliphatic rings. The van der Waals surface area contributed by atoms with Crippen molar-refractivity contribution in [3.63, 3.8) is 0 Å².